The molecule has 1 rings (SSSR count). The molecule has 0 unspecified atom stereocenters. The molecule has 0 fully saturated rings. The number of anilines is 1. The third-order valence-electron chi connectivity index (χ3n) is 3.50. The van der Waals surface area contributed by atoms with Crippen molar-refractivity contribution in [2.45, 2.75) is 52.1 Å². The van der Waals surface area contributed by atoms with Crippen LogP contribution in [0, 0.1) is 11.3 Å². The summed E-state index contributed by atoms with van der Waals surface area (Å²) in [6.45, 7) is 5.83. The van der Waals surface area contributed by atoms with Gasteiger partial charge in [0, 0.05) is 24.2 Å². The van der Waals surface area contributed by atoms with E-state index in [-0.39, 0.29) is 18.4 Å². The number of nitrogens with zero attached hydrogens (tertiary/aromatic N) is 1. The molecule has 0 aliphatic rings. The van der Waals surface area contributed by atoms with Crippen LogP contribution < -0.4 is 16.0 Å². The summed E-state index contributed by atoms with van der Waals surface area (Å²) in [7, 11) is 0. The van der Waals surface area contributed by atoms with Crippen molar-refractivity contribution < 1.29 is 19.1 Å². The van der Waals surface area contributed by atoms with E-state index >= 15 is 0 Å². The Morgan fingerprint density at radius 1 is 1.11 bits per heavy atom. The maximum atomic E-state index is 12.2. The normalized spacial score (nSPS) is 10.5. The van der Waals surface area contributed by atoms with Crippen LogP contribution in [0.3, 0.4) is 0 Å². The fourth-order valence-corrected chi connectivity index (χ4v) is 2.28. The van der Waals surface area contributed by atoms with Crippen LogP contribution in [-0.2, 0) is 9.53 Å². The molecule has 0 saturated heterocycles. The number of carbonyl (C=O) groups is 3. The molecule has 0 aromatic heterocycles. The van der Waals surface area contributed by atoms with Crippen LogP contribution in [0.2, 0.25) is 0 Å². The molecule has 1 aromatic rings. The molecular formula is C20H28N4O4. The highest BCUT2D eigenvalue weighted by Gasteiger charge is 2.16. The van der Waals surface area contributed by atoms with E-state index in [1.165, 1.54) is 0 Å². The molecule has 0 aliphatic carbocycles. The van der Waals surface area contributed by atoms with Crippen LogP contribution in [0.5, 0.6) is 0 Å². The van der Waals surface area contributed by atoms with Gasteiger partial charge in [-0.25, -0.2) is 4.79 Å². The van der Waals surface area contributed by atoms with Gasteiger partial charge >= 0.3 is 6.09 Å². The van der Waals surface area contributed by atoms with Crippen molar-refractivity contribution in [1.82, 2.24) is 10.6 Å². The van der Waals surface area contributed by atoms with E-state index in [1.807, 2.05) is 6.07 Å². The van der Waals surface area contributed by atoms with Gasteiger partial charge < -0.3 is 15.4 Å². The van der Waals surface area contributed by atoms with Crippen molar-refractivity contribution in [3.05, 3.63) is 29.8 Å². The van der Waals surface area contributed by atoms with Gasteiger partial charge in [0.05, 0.1) is 6.07 Å². The second-order valence-corrected chi connectivity index (χ2v) is 7.21. The summed E-state index contributed by atoms with van der Waals surface area (Å²) >= 11 is 0. The fraction of sp³-hybridized carbons (Fsp3) is 0.500. The predicted molar refractivity (Wildman–Crippen MR) is 106 cm³/mol. The summed E-state index contributed by atoms with van der Waals surface area (Å²) in [5.74, 6) is -0.375. The Hall–Kier alpha value is -3.08. The van der Waals surface area contributed by atoms with E-state index in [9.17, 15) is 14.4 Å². The maximum Gasteiger partial charge on any atom is 0.412 e. The molecule has 0 bridgehead atoms. The summed E-state index contributed by atoms with van der Waals surface area (Å²) in [4.78, 5) is 35.4. The smallest absolute Gasteiger partial charge is 0.412 e. The number of rotatable bonds is 9. The Morgan fingerprint density at radius 3 is 2.54 bits per heavy atom. The van der Waals surface area contributed by atoms with Crippen molar-refractivity contribution in [3.63, 3.8) is 0 Å². The van der Waals surface area contributed by atoms with Crippen molar-refractivity contribution >= 4 is 23.6 Å². The van der Waals surface area contributed by atoms with Crippen LogP contribution in [0.25, 0.3) is 0 Å². The van der Waals surface area contributed by atoms with E-state index < -0.39 is 11.7 Å². The topological polar surface area (TPSA) is 120 Å². The molecule has 28 heavy (non-hydrogen) atoms. The van der Waals surface area contributed by atoms with Gasteiger partial charge in [-0.3, -0.25) is 14.9 Å². The van der Waals surface area contributed by atoms with Gasteiger partial charge in [-0.05, 0) is 51.8 Å². The van der Waals surface area contributed by atoms with Gasteiger partial charge in [0.1, 0.15) is 12.1 Å². The van der Waals surface area contributed by atoms with Gasteiger partial charge in [0.15, 0.2) is 0 Å². The van der Waals surface area contributed by atoms with Crippen LogP contribution in [0.15, 0.2) is 24.3 Å². The minimum Gasteiger partial charge on any atom is -0.444 e. The molecular weight excluding hydrogens is 360 g/mol. The van der Waals surface area contributed by atoms with Crippen molar-refractivity contribution in [2.24, 2.45) is 0 Å². The van der Waals surface area contributed by atoms with E-state index in [0.29, 0.717) is 30.6 Å². The minimum absolute atomic E-state index is 0.0245. The summed E-state index contributed by atoms with van der Waals surface area (Å²) in [6, 6.07) is 8.46. The predicted octanol–water partition coefficient (Wildman–Crippen LogP) is 2.96. The molecule has 1 aromatic carbocycles. The maximum absolute atomic E-state index is 12.2. The van der Waals surface area contributed by atoms with Gasteiger partial charge in [0.25, 0.3) is 5.91 Å². The van der Waals surface area contributed by atoms with Crippen LogP contribution >= 0.6 is 0 Å². The first-order valence-electron chi connectivity index (χ1n) is 9.23. The van der Waals surface area contributed by atoms with Crippen LogP contribution in [0.1, 0.15) is 56.8 Å². The molecule has 0 atom stereocenters. The fourth-order valence-electron chi connectivity index (χ4n) is 2.28. The molecule has 0 saturated carbocycles. The monoisotopic (exact) mass is 388 g/mol. The SMILES string of the molecule is CC(C)(C)OC(=O)Nc1cccc(C(=O)NCCCCCC(=O)NCC#N)c1. The van der Waals surface area contributed by atoms with E-state index in [0.717, 1.165) is 12.8 Å². The first-order valence-corrected chi connectivity index (χ1v) is 9.23. The van der Waals surface area contributed by atoms with Crippen molar-refractivity contribution in [1.29, 1.82) is 5.26 Å². The lowest BCUT2D eigenvalue weighted by atomic mass is 10.1. The molecule has 0 heterocycles. The summed E-state index contributed by atoms with van der Waals surface area (Å²) < 4.78 is 5.19. The van der Waals surface area contributed by atoms with Gasteiger partial charge in [0.2, 0.25) is 5.91 Å². The van der Waals surface area contributed by atoms with Gasteiger partial charge in [-0.15, -0.1) is 0 Å². The first kappa shape index (κ1) is 23.0. The molecule has 3 amide bonds. The Balaban J connectivity index is 2.34. The highest BCUT2D eigenvalue weighted by molar-refractivity contribution is 5.96. The molecule has 3 N–H and O–H groups in total. The lowest BCUT2D eigenvalue weighted by molar-refractivity contribution is -0.120. The second-order valence-electron chi connectivity index (χ2n) is 7.21. The highest BCUT2D eigenvalue weighted by Crippen LogP contribution is 2.13. The molecule has 152 valence electrons. The molecule has 0 spiro atoms. The zero-order valence-corrected chi connectivity index (χ0v) is 16.6. The average molecular weight is 388 g/mol. The average Bonchev–Trinajstić information content (AvgIpc) is 2.61. The summed E-state index contributed by atoms with van der Waals surface area (Å²) in [5.41, 5.74) is 0.310. The first-order chi connectivity index (χ1) is 13.2. The summed E-state index contributed by atoms with van der Waals surface area (Å²) in [6.07, 6.45) is 2.02. The number of amides is 3. The van der Waals surface area contributed by atoms with Crippen molar-refractivity contribution in [3.8, 4) is 6.07 Å². The van der Waals surface area contributed by atoms with E-state index in [2.05, 4.69) is 16.0 Å². The Kier molecular flexibility index (Phi) is 9.51. The van der Waals surface area contributed by atoms with Crippen LogP contribution in [-0.4, -0.2) is 36.6 Å². The third kappa shape index (κ3) is 10.2. The van der Waals surface area contributed by atoms with Crippen LogP contribution in [0.4, 0.5) is 10.5 Å². The second kappa shape index (κ2) is 11.6. The molecule has 8 heteroatoms. The number of hydrogen-bond acceptors (Lipinski definition) is 5. The number of nitrogens with one attached hydrogen (secondary N) is 3. The number of carbonyl (C=O) groups excluding carboxylic acids is 3. The Morgan fingerprint density at radius 2 is 1.86 bits per heavy atom. The molecule has 0 aliphatic heterocycles. The van der Waals surface area contributed by atoms with E-state index in [4.69, 9.17) is 10.00 Å². The molecule has 0 radical (unpaired) electrons. The largest absolute Gasteiger partial charge is 0.444 e. The standard InChI is InChI=1S/C20H28N4O4/c1-20(2,3)28-19(27)24-16-9-7-8-15(14-16)18(26)23-12-6-4-5-10-17(25)22-13-11-21/h7-9,14H,4-6,10,12-13H2,1-3H3,(H,22,25)(H,23,26)(H,24,27). The number of hydrogen-bond donors (Lipinski definition) is 3. The third-order valence-corrected chi connectivity index (χ3v) is 3.50. The zero-order chi connectivity index (χ0) is 21.0. The number of benzene rings is 1. The zero-order valence-electron chi connectivity index (χ0n) is 16.6. The Labute approximate surface area is 165 Å². The summed E-state index contributed by atoms with van der Waals surface area (Å²) in [5, 5.41) is 16.3. The minimum atomic E-state index is -0.602. The lowest BCUT2D eigenvalue weighted by Crippen LogP contribution is -2.27. The van der Waals surface area contributed by atoms with Gasteiger partial charge in [-0.2, -0.15) is 5.26 Å². The number of ether oxygens (including phenoxy) is 1. The molecule has 8 nitrogen and oxygen atoms in total. The highest BCUT2D eigenvalue weighted by atomic mass is 16.6. The number of nitriles is 1. The van der Waals surface area contributed by atoms with Crippen molar-refractivity contribution in [2.75, 3.05) is 18.4 Å². The quantitative estimate of drug-likeness (QED) is 0.444. The lowest BCUT2D eigenvalue weighted by Gasteiger charge is -2.19. The number of unbranched alkanes of at least 4 members (excludes halogenated alkanes) is 2. The Bertz CT molecular complexity index is 720. The van der Waals surface area contributed by atoms with Gasteiger partial charge in [-0.1, -0.05) is 12.5 Å². The van der Waals surface area contributed by atoms with E-state index in [1.54, 1.807) is 45.0 Å².